The Morgan fingerprint density at radius 2 is 1.82 bits per heavy atom. The Bertz CT molecular complexity index is 1370. The van der Waals surface area contributed by atoms with Crippen LogP contribution in [-0.4, -0.2) is 49.3 Å². The Morgan fingerprint density at radius 1 is 1.09 bits per heavy atom. The summed E-state index contributed by atoms with van der Waals surface area (Å²) in [5.41, 5.74) is 3.22. The number of fused-ring (bicyclic) bond motifs is 1. The minimum absolute atomic E-state index is 0.0694. The minimum Gasteiger partial charge on any atom is -0.497 e. The summed E-state index contributed by atoms with van der Waals surface area (Å²) in [6.45, 7) is 2.20. The van der Waals surface area contributed by atoms with E-state index in [1.54, 1.807) is 42.3 Å². The number of ether oxygens (including phenoxy) is 1. The molecule has 1 aliphatic rings. The van der Waals surface area contributed by atoms with Crippen LogP contribution in [0.15, 0.2) is 64.5 Å². The molecular weight excluding hydrogens is 438 g/mol. The van der Waals surface area contributed by atoms with Crippen LogP contribution in [0.4, 0.5) is 0 Å². The van der Waals surface area contributed by atoms with E-state index >= 15 is 0 Å². The summed E-state index contributed by atoms with van der Waals surface area (Å²) in [4.78, 5) is 20.0. The van der Waals surface area contributed by atoms with Gasteiger partial charge in [0.25, 0.3) is 5.56 Å². The number of nitrogens with zero attached hydrogens (tertiary/aromatic N) is 3. The lowest BCUT2D eigenvalue weighted by Crippen LogP contribution is -2.38. The van der Waals surface area contributed by atoms with Gasteiger partial charge in [-0.05, 0) is 42.0 Å². The van der Waals surface area contributed by atoms with Gasteiger partial charge in [0.2, 0.25) is 0 Å². The third kappa shape index (κ3) is 5.51. The largest absolute Gasteiger partial charge is 0.497 e. The third-order valence-corrected chi connectivity index (χ3v) is 6.73. The summed E-state index contributed by atoms with van der Waals surface area (Å²) in [5, 5.41) is 0. The molecule has 3 aromatic rings. The van der Waals surface area contributed by atoms with Gasteiger partial charge in [-0.25, -0.2) is 13.4 Å². The number of methoxy groups -OCH3 is 1. The molecule has 7 nitrogen and oxygen atoms in total. The molecule has 0 amide bonds. The van der Waals surface area contributed by atoms with Crippen LogP contribution in [0.5, 0.6) is 5.75 Å². The van der Waals surface area contributed by atoms with Gasteiger partial charge in [0.15, 0.2) is 9.84 Å². The molecule has 0 bridgehead atoms. The van der Waals surface area contributed by atoms with E-state index in [0.29, 0.717) is 31.6 Å². The van der Waals surface area contributed by atoms with Crippen LogP contribution < -0.4 is 10.3 Å². The van der Waals surface area contributed by atoms with Crippen molar-refractivity contribution < 1.29 is 13.2 Å². The lowest BCUT2D eigenvalue weighted by Gasteiger charge is -2.26. The second-order valence-corrected chi connectivity index (χ2v) is 10.0. The molecular formula is C25H25N3O4S. The molecule has 2 heterocycles. The number of sulfone groups is 1. The summed E-state index contributed by atoms with van der Waals surface area (Å²) in [7, 11) is -1.62. The summed E-state index contributed by atoms with van der Waals surface area (Å²) < 4.78 is 30.0. The Labute approximate surface area is 193 Å². The second kappa shape index (κ2) is 9.61. The zero-order valence-electron chi connectivity index (χ0n) is 18.6. The van der Waals surface area contributed by atoms with Crippen LogP contribution in [0, 0.1) is 11.8 Å². The Balaban J connectivity index is 1.45. The van der Waals surface area contributed by atoms with Crippen LogP contribution in [0.2, 0.25) is 0 Å². The van der Waals surface area contributed by atoms with Gasteiger partial charge in [-0.3, -0.25) is 14.3 Å². The molecule has 33 heavy (non-hydrogen) atoms. The quantitative estimate of drug-likeness (QED) is 0.539. The first-order chi connectivity index (χ1) is 15.8. The van der Waals surface area contributed by atoms with Gasteiger partial charge in [-0.15, -0.1) is 0 Å². The van der Waals surface area contributed by atoms with E-state index in [2.05, 4.69) is 21.7 Å². The Morgan fingerprint density at radius 3 is 2.48 bits per heavy atom. The van der Waals surface area contributed by atoms with E-state index in [1.807, 2.05) is 24.3 Å². The average Bonchev–Trinajstić information content (AvgIpc) is 2.81. The fourth-order valence-electron chi connectivity index (χ4n) is 3.72. The van der Waals surface area contributed by atoms with Crippen LogP contribution in [-0.2, 0) is 29.3 Å². The topological polar surface area (TPSA) is 81.5 Å². The first-order valence-electron chi connectivity index (χ1n) is 10.5. The number of hydrogen-bond acceptors (Lipinski definition) is 6. The maximum atomic E-state index is 13.1. The lowest BCUT2D eigenvalue weighted by molar-refractivity contribution is 0.280. The molecule has 8 heteroatoms. The van der Waals surface area contributed by atoms with Gasteiger partial charge < -0.3 is 4.74 Å². The average molecular weight is 464 g/mol. The highest BCUT2D eigenvalue weighted by Crippen LogP contribution is 2.15. The van der Waals surface area contributed by atoms with Crippen molar-refractivity contribution in [3.05, 3.63) is 87.6 Å². The molecule has 0 unspecified atom stereocenters. The monoisotopic (exact) mass is 463 g/mol. The van der Waals surface area contributed by atoms with Crippen molar-refractivity contribution >= 4 is 9.84 Å². The predicted octanol–water partition coefficient (Wildman–Crippen LogP) is 2.11. The number of benzene rings is 2. The molecule has 170 valence electrons. The fraction of sp³-hybridized carbons (Fsp3) is 0.280. The molecule has 0 fully saturated rings. The molecule has 0 radical (unpaired) electrons. The first kappa shape index (κ1) is 22.8. The highest BCUT2D eigenvalue weighted by atomic mass is 32.2. The number of aromatic nitrogens is 2. The van der Waals surface area contributed by atoms with Gasteiger partial charge in [-0.1, -0.05) is 24.0 Å². The van der Waals surface area contributed by atoms with Crippen molar-refractivity contribution in [1.29, 1.82) is 0 Å². The molecule has 0 N–H and O–H groups in total. The minimum atomic E-state index is -3.25. The van der Waals surface area contributed by atoms with Crippen LogP contribution >= 0.6 is 0 Å². The van der Waals surface area contributed by atoms with Crippen molar-refractivity contribution in [3.8, 4) is 17.6 Å². The standard InChI is InChI=1S/C25H25N3O4S/c1-32-21-9-5-19(6-10-21)4-3-14-27-15-13-24-23(17-27)25(29)28(18-26-24)16-20-7-11-22(12-8-20)33(2,30)31/h5-12,18H,13-17H2,1-2H3. The Kier molecular flexibility index (Phi) is 6.63. The van der Waals surface area contributed by atoms with Crippen LogP contribution in [0.25, 0.3) is 0 Å². The summed E-state index contributed by atoms with van der Waals surface area (Å²) in [6.07, 6.45) is 3.45. The number of hydrogen-bond donors (Lipinski definition) is 0. The highest BCUT2D eigenvalue weighted by molar-refractivity contribution is 7.90. The summed E-state index contributed by atoms with van der Waals surface area (Å²) in [6, 6.07) is 14.2. The predicted molar refractivity (Wildman–Crippen MR) is 126 cm³/mol. The molecule has 1 aromatic heterocycles. The van der Waals surface area contributed by atoms with Crippen molar-refractivity contribution in [1.82, 2.24) is 14.5 Å². The Hall–Kier alpha value is -3.41. The molecule has 0 saturated carbocycles. The van der Waals surface area contributed by atoms with E-state index in [9.17, 15) is 13.2 Å². The van der Waals surface area contributed by atoms with Gasteiger partial charge >= 0.3 is 0 Å². The molecule has 0 saturated heterocycles. The zero-order valence-corrected chi connectivity index (χ0v) is 19.4. The maximum Gasteiger partial charge on any atom is 0.258 e. The van der Waals surface area contributed by atoms with E-state index in [1.165, 1.54) is 6.26 Å². The van der Waals surface area contributed by atoms with Crippen LogP contribution in [0.3, 0.4) is 0 Å². The summed E-state index contributed by atoms with van der Waals surface area (Å²) in [5.74, 6) is 7.13. The first-order valence-corrected chi connectivity index (χ1v) is 12.4. The van der Waals surface area contributed by atoms with E-state index < -0.39 is 9.84 Å². The van der Waals surface area contributed by atoms with Crippen molar-refractivity contribution in [3.63, 3.8) is 0 Å². The van der Waals surface area contributed by atoms with Gasteiger partial charge in [0.1, 0.15) is 5.75 Å². The van der Waals surface area contributed by atoms with E-state index in [0.717, 1.165) is 29.1 Å². The smallest absolute Gasteiger partial charge is 0.258 e. The maximum absolute atomic E-state index is 13.1. The van der Waals surface area contributed by atoms with E-state index in [-0.39, 0.29) is 10.5 Å². The lowest BCUT2D eigenvalue weighted by atomic mass is 10.1. The normalized spacial score (nSPS) is 13.6. The molecule has 0 spiro atoms. The number of rotatable bonds is 5. The summed E-state index contributed by atoms with van der Waals surface area (Å²) >= 11 is 0. The molecule has 4 rings (SSSR count). The van der Waals surface area contributed by atoms with Gasteiger partial charge in [0.05, 0.1) is 42.7 Å². The van der Waals surface area contributed by atoms with Crippen molar-refractivity contribution in [2.24, 2.45) is 0 Å². The fourth-order valence-corrected chi connectivity index (χ4v) is 4.35. The molecule has 0 aliphatic carbocycles. The molecule has 1 aliphatic heterocycles. The second-order valence-electron chi connectivity index (χ2n) is 8.01. The highest BCUT2D eigenvalue weighted by Gasteiger charge is 2.20. The molecule has 2 aromatic carbocycles. The van der Waals surface area contributed by atoms with E-state index in [4.69, 9.17) is 4.74 Å². The van der Waals surface area contributed by atoms with Gasteiger partial charge in [-0.2, -0.15) is 0 Å². The van der Waals surface area contributed by atoms with Crippen molar-refractivity contribution in [2.45, 2.75) is 24.4 Å². The molecule has 0 atom stereocenters. The zero-order chi connectivity index (χ0) is 23.4. The van der Waals surface area contributed by atoms with Crippen LogP contribution in [0.1, 0.15) is 22.4 Å². The van der Waals surface area contributed by atoms with Gasteiger partial charge in [0, 0.05) is 31.3 Å². The third-order valence-electron chi connectivity index (χ3n) is 5.60. The van der Waals surface area contributed by atoms with Crippen molar-refractivity contribution in [2.75, 3.05) is 26.5 Å². The SMILES string of the molecule is COc1ccc(C#CCN2CCc3ncn(Cc4ccc(S(C)(=O)=O)cc4)c(=O)c3C2)cc1.